The summed E-state index contributed by atoms with van der Waals surface area (Å²) in [5.41, 5.74) is 3.28. The van der Waals surface area contributed by atoms with Crippen molar-refractivity contribution in [2.75, 3.05) is 30.6 Å². The fraction of sp³-hybridized carbons (Fsp3) is 0.167. The molecule has 1 aliphatic rings. The number of nitriles is 1. The van der Waals surface area contributed by atoms with Crippen molar-refractivity contribution in [2.45, 2.75) is 12.8 Å². The molecule has 198 valence electrons. The number of methoxy groups -OCH3 is 2. The molecule has 2 amide bonds. The van der Waals surface area contributed by atoms with E-state index >= 15 is 0 Å². The zero-order valence-electron chi connectivity index (χ0n) is 21.8. The zero-order chi connectivity index (χ0) is 27.8. The molecule has 0 fully saturated rings. The van der Waals surface area contributed by atoms with Gasteiger partial charge in [-0.1, -0.05) is 60.3 Å². The first kappa shape index (κ1) is 27.4. The highest BCUT2D eigenvalue weighted by molar-refractivity contribution is 8.03. The molecule has 3 N–H and O–H groups in total. The van der Waals surface area contributed by atoms with E-state index in [1.54, 1.807) is 56.5 Å². The van der Waals surface area contributed by atoms with Gasteiger partial charge < -0.3 is 25.4 Å². The number of allylic oxidation sites excluding steroid dienone is 2. The van der Waals surface area contributed by atoms with Crippen molar-refractivity contribution >= 4 is 35.0 Å². The summed E-state index contributed by atoms with van der Waals surface area (Å²) < 4.78 is 10.6. The van der Waals surface area contributed by atoms with E-state index in [1.165, 1.54) is 18.9 Å². The molecule has 0 spiro atoms. The number of ether oxygens (including phenoxy) is 2. The van der Waals surface area contributed by atoms with Crippen LogP contribution in [0.15, 0.2) is 101 Å². The molecular formula is C30H28N4O4S. The third-order valence-corrected chi connectivity index (χ3v) is 7.10. The third kappa shape index (κ3) is 6.43. The molecule has 3 aromatic carbocycles. The van der Waals surface area contributed by atoms with Gasteiger partial charge >= 0.3 is 0 Å². The van der Waals surface area contributed by atoms with Crippen molar-refractivity contribution in [1.82, 2.24) is 5.32 Å². The Kier molecular flexibility index (Phi) is 8.92. The first-order valence-corrected chi connectivity index (χ1v) is 13.1. The number of carbonyl (C=O) groups is 2. The van der Waals surface area contributed by atoms with Crippen LogP contribution in [0.4, 0.5) is 11.4 Å². The number of benzene rings is 3. The largest absolute Gasteiger partial charge is 0.497 e. The predicted molar refractivity (Wildman–Crippen MR) is 153 cm³/mol. The van der Waals surface area contributed by atoms with Crippen LogP contribution in [0.25, 0.3) is 0 Å². The molecule has 0 saturated heterocycles. The summed E-state index contributed by atoms with van der Waals surface area (Å²) >= 11 is 1.21. The Bertz CT molecular complexity index is 1480. The molecule has 0 aliphatic carbocycles. The first-order chi connectivity index (χ1) is 18.9. The molecular weight excluding hydrogens is 512 g/mol. The van der Waals surface area contributed by atoms with Crippen LogP contribution < -0.4 is 25.4 Å². The van der Waals surface area contributed by atoms with E-state index in [2.05, 4.69) is 22.0 Å². The van der Waals surface area contributed by atoms with Crippen molar-refractivity contribution in [1.29, 1.82) is 5.26 Å². The van der Waals surface area contributed by atoms with Crippen LogP contribution in [0.5, 0.6) is 11.5 Å². The number of anilines is 2. The molecule has 0 bridgehead atoms. The number of dihydropyridines is 1. The second-order valence-corrected chi connectivity index (χ2v) is 9.57. The quantitative estimate of drug-likeness (QED) is 0.333. The Morgan fingerprint density at radius 1 is 0.974 bits per heavy atom. The molecule has 9 heteroatoms. The molecule has 3 aromatic rings. The Labute approximate surface area is 231 Å². The van der Waals surface area contributed by atoms with Crippen LogP contribution in [0.1, 0.15) is 18.4 Å². The van der Waals surface area contributed by atoms with Crippen molar-refractivity contribution in [3.63, 3.8) is 0 Å². The molecule has 1 atom stereocenters. The van der Waals surface area contributed by atoms with Gasteiger partial charge in [0.25, 0.3) is 5.91 Å². The summed E-state index contributed by atoms with van der Waals surface area (Å²) in [7, 11) is 3.10. The summed E-state index contributed by atoms with van der Waals surface area (Å²) in [5, 5.41) is 19.8. The second kappa shape index (κ2) is 12.7. The number of hydrogen-bond acceptors (Lipinski definition) is 7. The van der Waals surface area contributed by atoms with E-state index in [1.807, 2.05) is 36.4 Å². The van der Waals surface area contributed by atoms with E-state index < -0.39 is 5.92 Å². The van der Waals surface area contributed by atoms with E-state index in [4.69, 9.17) is 9.47 Å². The lowest BCUT2D eigenvalue weighted by atomic mass is 9.82. The summed E-state index contributed by atoms with van der Waals surface area (Å²) in [6.07, 6.45) is 0. The molecule has 39 heavy (non-hydrogen) atoms. The number of nitrogens with zero attached hydrogens (tertiary/aromatic N) is 1. The van der Waals surface area contributed by atoms with Crippen molar-refractivity contribution in [3.05, 3.63) is 106 Å². The Morgan fingerprint density at radius 3 is 2.44 bits per heavy atom. The van der Waals surface area contributed by atoms with Gasteiger partial charge in [0.05, 0.1) is 48.2 Å². The fourth-order valence-electron chi connectivity index (χ4n) is 4.28. The van der Waals surface area contributed by atoms with Gasteiger partial charge in [-0.3, -0.25) is 9.59 Å². The summed E-state index contributed by atoms with van der Waals surface area (Å²) in [6.45, 7) is 1.79. The Balaban J connectivity index is 1.61. The molecule has 4 rings (SSSR count). The Hall–Kier alpha value is -4.68. The number of nitrogens with one attached hydrogen (secondary N) is 3. The second-order valence-electron chi connectivity index (χ2n) is 8.59. The average molecular weight is 541 g/mol. The van der Waals surface area contributed by atoms with Gasteiger partial charge in [-0.05, 0) is 36.8 Å². The number of amides is 2. The first-order valence-electron chi connectivity index (χ1n) is 12.1. The van der Waals surface area contributed by atoms with Gasteiger partial charge in [-0.2, -0.15) is 5.26 Å². The summed E-state index contributed by atoms with van der Waals surface area (Å²) in [6, 6.07) is 25.9. The van der Waals surface area contributed by atoms with Crippen LogP contribution >= 0.6 is 11.8 Å². The molecule has 1 aliphatic heterocycles. The van der Waals surface area contributed by atoms with E-state index in [-0.39, 0.29) is 17.6 Å². The van der Waals surface area contributed by atoms with Crippen LogP contribution in [-0.2, 0) is 9.59 Å². The lowest BCUT2D eigenvalue weighted by Gasteiger charge is -2.30. The molecule has 1 heterocycles. The molecule has 0 unspecified atom stereocenters. The summed E-state index contributed by atoms with van der Waals surface area (Å²) in [5.74, 6) is -0.00497. The molecule has 0 saturated carbocycles. The fourth-order valence-corrected chi connectivity index (χ4v) is 5.17. The lowest BCUT2D eigenvalue weighted by Crippen LogP contribution is -2.31. The maximum absolute atomic E-state index is 13.6. The maximum atomic E-state index is 13.6. The summed E-state index contributed by atoms with van der Waals surface area (Å²) in [4.78, 5) is 26.4. The minimum absolute atomic E-state index is 0.0578. The van der Waals surface area contributed by atoms with Crippen LogP contribution in [0, 0.1) is 11.3 Å². The highest BCUT2D eigenvalue weighted by atomic mass is 32.2. The zero-order valence-corrected chi connectivity index (χ0v) is 22.6. The van der Waals surface area contributed by atoms with Crippen molar-refractivity contribution in [3.8, 4) is 17.6 Å². The van der Waals surface area contributed by atoms with Crippen molar-refractivity contribution in [2.24, 2.45) is 0 Å². The van der Waals surface area contributed by atoms with Gasteiger partial charge in [-0.15, -0.1) is 0 Å². The molecule has 8 nitrogen and oxygen atoms in total. The predicted octanol–water partition coefficient (Wildman–Crippen LogP) is 5.41. The molecule has 0 radical (unpaired) electrons. The van der Waals surface area contributed by atoms with Crippen molar-refractivity contribution < 1.29 is 19.1 Å². The smallest absolute Gasteiger partial charge is 0.254 e. The SMILES string of the molecule is COc1cccc(NC(=O)CSC2=C(C#N)[C@@H](c3ccccc3)C(C(=O)Nc3ccccc3OC)=C(C)N2)c1. The van der Waals surface area contributed by atoms with Gasteiger partial charge in [0, 0.05) is 23.0 Å². The standard InChI is InChI=1S/C30H28N4O4S/c1-19-27(29(36)34-24-14-7-8-15-25(24)38-3)28(20-10-5-4-6-11-20)23(17-31)30(32-19)39-18-26(35)33-21-12-9-13-22(16-21)37-2/h4-16,28,32H,18H2,1-3H3,(H,33,35)(H,34,36)/t28-/m1/s1. The monoisotopic (exact) mass is 540 g/mol. The van der Waals surface area contributed by atoms with E-state index in [0.29, 0.717) is 44.7 Å². The minimum atomic E-state index is -0.629. The highest BCUT2D eigenvalue weighted by Crippen LogP contribution is 2.41. The number of rotatable bonds is 9. The highest BCUT2D eigenvalue weighted by Gasteiger charge is 2.35. The normalized spacial score (nSPS) is 14.7. The number of thioether (sulfide) groups is 1. The van der Waals surface area contributed by atoms with E-state index in [0.717, 1.165) is 5.56 Å². The van der Waals surface area contributed by atoms with Gasteiger partial charge in [-0.25, -0.2) is 0 Å². The topological polar surface area (TPSA) is 112 Å². The van der Waals surface area contributed by atoms with E-state index in [9.17, 15) is 14.9 Å². The van der Waals surface area contributed by atoms with Gasteiger partial charge in [0.2, 0.25) is 5.91 Å². The number of para-hydroxylation sites is 2. The minimum Gasteiger partial charge on any atom is -0.497 e. The van der Waals surface area contributed by atoms with Crippen LogP contribution in [0.2, 0.25) is 0 Å². The molecule has 0 aromatic heterocycles. The maximum Gasteiger partial charge on any atom is 0.254 e. The van der Waals surface area contributed by atoms with Crippen LogP contribution in [-0.4, -0.2) is 31.8 Å². The average Bonchev–Trinajstić information content (AvgIpc) is 2.96. The van der Waals surface area contributed by atoms with Crippen LogP contribution in [0.3, 0.4) is 0 Å². The Morgan fingerprint density at radius 2 is 1.72 bits per heavy atom. The third-order valence-electron chi connectivity index (χ3n) is 6.08. The van der Waals surface area contributed by atoms with Gasteiger partial charge in [0.15, 0.2) is 0 Å². The van der Waals surface area contributed by atoms with Gasteiger partial charge in [0.1, 0.15) is 11.5 Å². The number of hydrogen-bond donors (Lipinski definition) is 3. The lowest BCUT2D eigenvalue weighted by molar-refractivity contribution is -0.114. The number of carbonyl (C=O) groups excluding carboxylic acids is 2.